The van der Waals surface area contributed by atoms with E-state index in [1.807, 2.05) is 0 Å². The summed E-state index contributed by atoms with van der Waals surface area (Å²) in [7, 11) is 0. The molecular weight excluding hydrogens is 312 g/mol. The molecule has 1 unspecified atom stereocenters. The largest absolute Gasteiger partial charge is 0.507 e. The van der Waals surface area contributed by atoms with Crippen molar-refractivity contribution in [2.24, 2.45) is 10.8 Å². The van der Waals surface area contributed by atoms with E-state index in [0.717, 1.165) is 30.4 Å². The van der Waals surface area contributed by atoms with Gasteiger partial charge in [0.25, 0.3) is 0 Å². The topological polar surface area (TPSA) is 46.5 Å². The summed E-state index contributed by atoms with van der Waals surface area (Å²) in [4.78, 5) is 12.6. The Kier molecular flexibility index (Phi) is 3.12. The van der Waals surface area contributed by atoms with Crippen molar-refractivity contribution in [3.8, 4) is 5.75 Å². The maximum absolute atomic E-state index is 12.6. The molecule has 2 bridgehead atoms. The summed E-state index contributed by atoms with van der Waals surface area (Å²) in [5.74, 6) is 0.639. The first-order valence-corrected chi connectivity index (χ1v) is 9.43. The summed E-state index contributed by atoms with van der Waals surface area (Å²) in [6.45, 7) is 13.4. The third-order valence-corrected chi connectivity index (χ3v) is 6.75. The van der Waals surface area contributed by atoms with Gasteiger partial charge in [0, 0.05) is 11.3 Å². The minimum Gasteiger partial charge on any atom is -0.507 e. The van der Waals surface area contributed by atoms with Crippen LogP contribution < -0.4 is 0 Å². The van der Waals surface area contributed by atoms with Crippen molar-refractivity contribution in [2.75, 3.05) is 6.61 Å². The number of phenols is 1. The van der Waals surface area contributed by atoms with Crippen LogP contribution in [0.2, 0.25) is 0 Å². The summed E-state index contributed by atoms with van der Waals surface area (Å²) >= 11 is 0. The van der Waals surface area contributed by atoms with Crippen molar-refractivity contribution in [1.29, 1.82) is 0 Å². The number of carbonyl (C=O) groups is 1. The highest BCUT2D eigenvalue weighted by Crippen LogP contribution is 2.75. The number of ether oxygens (including phenoxy) is 1. The fourth-order valence-electron chi connectivity index (χ4n) is 5.55. The Morgan fingerprint density at radius 3 is 2.04 bits per heavy atom. The third-order valence-electron chi connectivity index (χ3n) is 6.75. The second-order valence-electron chi connectivity index (χ2n) is 10.8. The fourth-order valence-corrected chi connectivity index (χ4v) is 5.55. The lowest BCUT2D eigenvalue weighted by molar-refractivity contribution is -0.189. The van der Waals surface area contributed by atoms with Gasteiger partial charge in [-0.3, -0.25) is 4.79 Å². The quantitative estimate of drug-likeness (QED) is 0.746. The van der Waals surface area contributed by atoms with E-state index in [9.17, 15) is 9.90 Å². The highest BCUT2D eigenvalue weighted by molar-refractivity contribution is 5.83. The molecule has 4 fully saturated rings. The summed E-state index contributed by atoms with van der Waals surface area (Å²) in [5, 5.41) is 10.9. The van der Waals surface area contributed by atoms with Crippen LogP contribution in [0.25, 0.3) is 0 Å². The molecule has 1 aromatic carbocycles. The fraction of sp³-hybridized carbons (Fsp3) is 0.682. The number of hydrogen-bond acceptors (Lipinski definition) is 3. The van der Waals surface area contributed by atoms with Crippen LogP contribution in [-0.4, -0.2) is 17.7 Å². The minimum atomic E-state index is -0.306. The number of carbonyl (C=O) groups excluding carboxylic acids is 1. The second-order valence-corrected chi connectivity index (χ2v) is 10.8. The predicted octanol–water partition coefficient (Wildman–Crippen LogP) is 4.80. The molecule has 136 valence electrons. The average molecular weight is 342 g/mol. The maximum Gasteiger partial charge on any atom is 0.312 e. The molecule has 3 saturated carbocycles. The molecule has 0 amide bonds. The van der Waals surface area contributed by atoms with Gasteiger partial charge in [-0.05, 0) is 46.8 Å². The summed E-state index contributed by atoms with van der Waals surface area (Å²) < 4.78 is 5.49. The van der Waals surface area contributed by atoms with Crippen molar-refractivity contribution in [3.63, 3.8) is 0 Å². The highest BCUT2D eigenvalue weighted by atomic mass is 16.5. The van der Waals surface area contributed by atoms with E-state index in [2.05, 4.69) is 53.7 Å². The van der Waals surface area contributed by atoms with Crippen LogP contribution in [0.15, 0.2) is 12.1 Å². The lowest BCUT2D eigenvalue weighted by atomic mass is 9.57. The van der Waals surface area contributed by atoms with E-state index in [4.69, 9.17) is 4.74 Å². The van der Waals surface area contributed by atoms with Gasteiger partial charge in [0.1, 0.15) is 5.75 Å². The Labute approximate surface area is 150 Å². The van der Waals surface area contributed by atoms with Crippen LogP contribution in [0, 0.1) is 10.8 Å². The Balaban J connectivity index is 1.88. The molecule has 1 aliphatic heterocycles. The molecule has 0 aromatic heterocycles. The van der Waals surface area contributed by atoms with Crippen LogP contribution in [0.4, 0.5) is 0 Å². The maximum atomic E-state index is 12.6. The van der Waals surface area contributed by atoms with E-state index in [1.165, 1.54) is 5.56 Å². The Morgan fingerprint density at radius 1 is 1.04 bits per heavy atom. The molecule has 3 heteroatoms. The van der Waals surface area contributed by atoms with Gasteiger partial charge in [-0.15, -0.1) is 0 Å². The molecule has 3 nitrogen and oxygen atoms in total. The van der Waals surface area contributed by atoms with E-state index < -0.39 is 0 Å². The van der Waals surface area contributed by atoms with E-state index >= 15 is 0 Å². The molecule has 1 heterocycles. The first kappa shape index (κ1) is 16.9. The van der Waals surface area contributed by atoms with Gasteiger partial charge in [0.15, 0.2) is 0 Å². The molecule has 1 saturated heterocycles. The van der Waals surface area contributed by atoms with Gasteiger partial charge in [-0.1, -0.05) is 53.7 Å². The lowest BCUT2D eigenvalue weighted by Gasteiger charge is -2.51. The van der Waals surface area contributed by atoms with Crippen molar-refractivity contribution in [3.05, 3.63) is 28.8 Å². The Hall–Kier alpha value is -1.51. The van der Waals surface area contributed by atoms with Crippen molar-refractivity contribution < 1.29 is 14.6 Å². The number of fused-ring (bicyclic) bond motifs is 1. The van der Waals surface area contributed by atoms with Crippen LogP contribution in [0.1, 0.15) is 83.4 Å². The highest BCUT2D eigenvalue weighted by Gasteiger charge is 2.73. The summed E-state index contributed by atoms with van der Waals surface area (Å²) in [5.41, 5.74) is 2.80. The molecule has 0 spiro atoms. The molecule has 25 heavy (non-hydrogen) atoms. The molecule has 5 rings (SSSR count). The third kappa shape index (κ3) is 2.20. The summed E-state index contributed by atoms with van der Waals surface area (Å²) in [6, 6.07) is 4.31. The van der Waals surface area contributed by atoms with E-state index in [1.54, 1.807) is 0 Å². The molecular formula is C22H30O3. The van der Waals surface area contributed by atoms with Crippen LogP contribution in [0.5, 0.6) is 5.75 Å². The van der Waals surface area contributed by atoms with Crippen molar-refractivity contribution >= 4 is 5.97 Å². The molecule has 1 aromatic rings. The minimum absolute atomic E-state index is 0.000401. The Morgan fingerprint density at radius 2 is 1.56 bits per heavy atom. The number of phenolic OH excluding ortho intramolecular Hbond substituents is 1. The number of cyclic esters (lactones) is 1. The summed E-state index contributed by atoms with van der Waals surface area (Å²) in [6.07, 6.45) is 3.01. The van der Waals surface area contributed by atoms with Gasteiger partial charge in [0.05, 0.1) is 12.0 Å². The zero-order valence-corrected chi connectivity index (χ0v) is 16.3. The Bertz CT molecular complexity index is 719. The van der Waals surface area contributed by atoms with Crippen molar-refractivity contribution in [2.45, 2.75) is 77.6 Å². The van der Waals surface area contributed by atoms with Crippen molar-refractivity contribution in [1.82, 2.24) is 0 Å². The molecule has 4 aliphatic rings. The molecule has 1 atom stereocenters. The number of esters is 1. The van der Waals surface area contributed by atoms with Gasteiger partial charge >= 0.3 is 5.97 Å². The molecule has 0 radical (unpaired) electrons. The standard InChI is InChI=1S/C22H30O3/c1-19(2,3)14-7-13(8-15(17(14)23)20(4,5)6)16-9-21-10-22(16,11-21)18(24)25-12-21/h7-8,16,23H,9-12H2,1-6H3. The average Bonchev–Trinajstić information content (AvgIpc) is 2.89. The monoisotopic (exact) mass is 342 g/mol. The zero-order chi connectivity index (χ0) is 18.4. The van der Waals surface area contributed by atoms with Gasteiger partial charge in [-0.25, -0.2) is 0 Å². The van der Waals surface area contributed by atoms with Gasteiger partial charge < -0.3 is 9.84 Å². The normalized spacial score (nSPS) is 33.8. The predicted molar refractivity (Wildman–Crippen MR) is 97.9 cm³/mol. The first-order chi connectivity index (χ1) is 11.4. The van der Waals surface area contributed by atoms with Crippen LogP contribution in [0.3, 0.4) is 0 Å². The smallest absolute Gasteiger partial charge is 0.312 e. The van der Waals surface area contributed by atoms with Crippen LogP contribution in [-0.2, 0) is 20.4 Å². The number of aromatic hydroxyl groups is 1. The lowest BCUT2D eigenvalue weighted by Crippen LogP contribution is -2.53. The van der Waals surface area contributed by atoms with Gasteiger partial charge in [0.2, 0.25) is 0 Å². The molecule has 3 aliphatic carbocycles. The van der Waals surface area contributed by atoms with Crippen LogP contribution >= 0.6 is 0 Å². The zero-order valence-electron chi connectivity index (χ0n) is 16.3. The second kappa shape index (κ2) is 4.61. The van der Waals surface area contributed by atoms with E-state index in [-0.39, 0.29) is 33.5 Å². The number of rotatable bonds is 1. The molecule has 1 N–H and O–H groups in total. The first-order valence-electron chi connectivity index (χ1n) is 9.43. The van der Waals surface area contributed by atoms with E-state index in [0.29, 0.717) is 12.4 Å². The number of benzene rings is 1. The number of hydrogen-bond donors (Lipinski definition) is 1. The SMILES string of the molecule is CC(C)(C)c1cc(C2CC34COC(=O)C2(C3)C4)cc(C(C)(C)C)c1O. The van der Waals surface area contributed by atoms with Gasteiger partial charge in [-0.2, -0.15) is 0 Å².